The molecule has 0 aliphatic carbocycles. The van der Waals surface area contributed by atoms with E-state index in [1.807, 2.05) is 35.9 Å². The molecule has 160 valence electrons. The van der Waals surface area contributed by atoms with Crippen LogP contribution < -0.4 is 10.9 Å². The van der Waals surface area contributed by atoms with Crippen molar-refractivity contribution in [2.45, 2.75) is 12.8 Å². The van der Waals surface area contributed by atoms with Gasteiger partial charge in [0, 0.05) is 53.7 Å². The molecule has 2 heterocycles. The van der Waals surface area contributed by atoms with E-state index in [0.717, 1.165) is 10.9 Å². The van der Waals surface area contributed by atoms with Crippen molar-refractivity contribution in [2.24, 2.45) is 13.0 Å². The number of likely N-dealkylation sites (tertiary alicyclic amines) is 1. The summed E-state index contributed by atoms with van der Waals surface area (Å²) in [6, 6.07) is 14.4. The molecule has 1 aromatic heterocycles. The van der Waals surface area contributed by atoms with Crippen molar-refractivity contribution in [3.05, 3.63) is 70.9 Å². The van der Waals surface area contributed by atoms with Gasteiger partial charge in [0.25, 0.3) is 11.8 Å². The first-order valence-electron chi connectivity index (χ1n) is 10.1. The van der Waals surface area contributed by atoms with Crippen molar-refractivity contribution in [3.8, 4) is 0 Å². The second-order valence-electron chi connectivity index (χ2n) is 7.69. The summed E-state index contributed by atoms with van der Waals surface area (Å²) in [7, 11) is 1.87. The highest BCUT2D eigenvalue weighted by molar-refractivity contribution is 6.30. The minimum atomic E-state index is -0.361. The predicted octanol–water partition coefficient (Wildman–Crippen LogP) is 3.15. The maximum Gasteiger partial charge on any atom is 0.271 e. The fourth-order valence-corrected chi connectivity index (χ4v) is 4.06. The van der Waals surface area contributed by atoms with Crippen LogP contribution in [0.15, 0.2) is 54.7 Å². The minimum absolute atomic E-state index is 0.0696. The van der Waals surface area contributed by atoms with Gasteiger partial charge in [-0.05, 0) is 43.2 Å². The number of amides is 3. The highest BCUT2D eigenvalue weighted by atomic mass is 35.5. The molecule has 0 radical (unpaired) electrons. The lowest BCUT2D eigenvalue weighted by Crippen LogP contribution is -2.48. The number of nitrogens with one attached hydrogen (secondary N) is 2. The van der Waals surface area contributed by atoms with Crippen LogP contribution in [-0.2, 0) is 11.8 Å². The van der Waals surface area contributed by atoms with Gasteiger partial charge in [0.1, 0.15) is 0 Å². The van der Waals surface area contributed by atoms with Gasteiger partial charge in [0.2, 0.25) is 5.91 Å². The minimum Gasteiger partial charge on any atom is -0.350 e. The number of fused-ring (bicyclic) bond motifs is 1. The number of benzene rings is 2. The lowest BCUT2D eigenvalue weighted by atomic mass is 9.95. The van der Waals surface area contributed by atoms with Crippen molar-refractivity contribution in [2.75, 3.05) is 13.1 Å². The van der Waals surface area contributed by atoms with Crippen molar-refractivity contribution in [1.82, 2.24) is 20.3 Å². The van der Waals surface area contributed by atoms with E-state index in [1.54, 1.807) is 35.4 Å². The quantitative estimate of drug-likeness (QED) is 0.616. The SMILES string of the molecule is Cn1cc(C(=O)NNC(=O)C2CCN(C(=O)c3ccc(Cl)cc3)CC2)c2ccccc21. The molecule has 0 bridgehead atoms. The third-order valence-corrected chi connectivity index (χ3v) is 5.94. The molecule has 2 aromatic carbocycles. The Morgan fingerprint density at radius 3 is 2.35 bits per heavy atom. The Bertz CT molecular complexity index is 1130. The molecule has 0 saturated carbocycles. The van der Waals surface area contributed by atoms with Crippen LogP contribution in [0.1, 0.15) is 33.6 Å². The van der Waals surface area contributed by atoms with Gasteiger partial charge in [-0.1, -0.05) is 29.8 Å². The van der Waals surface area contributed by atoms with Crippen molar-refractivity contribution >= 4 is 40.2 Å². The van der Waals surface area contributed by atoms with Gasteiger partial charge in [-0.15, -0.1) is 0 Å². The van der Waals surface area contributed by atoms with Gasteiger partial charge in [-0.2, -0.15) is 0 Å². The van der Waals surface area contributed by atoms with Crippen LogP contribution in [0.3, 0.4) is 0 Å². The highest BCUT2D eigenvalue weighted by Gasteiger charge is 2.28. The fraction of sp³-hybridized carbons (Fsp3) is 0.261. The molecule has 1 aliphatic heterocycles. The molecule has 0 spiro atoms. The molecule has 4 rings (SSSR count). The summed E-state index contributed by atoms with van der Waals surface area (Å²) in [4.78, 5) is 39.4. The van der Waals surface area contributed by atoms with Crippen LogP contribution in [0.25, 0.3) is 10.9 Å². The summed E-state index contributed by atoms with van der Waals surface area (Å²) >= 11 is 5.88. The highest BCUT2D eigenvalue weighted by Crippen LogP contribution is 2.21. The maximum absolute atomic E-state index is 12.6. The summed E-state index contributed by atoms with van der Waals surface area (Å²) in [5.74, 6) is -0.936. The molecule has 3 amide bonds. The zero-order chi connectivity index (χ0) is 22.0. The van der Waals surface area contributed by atoms with E-state index < -0.39 is 0 Å². The largest absolute Gasteiger partial charge is 0.350 e. The van der Waals surface area contributed by atoms with Crippen LogP contribution in [-0.4, -0.2) is 40.3 Å². The van der Waals surface area contributed by atoms with E-state index in [9.17, 15) is 14.4 Å². The molecule has 7 nitrogen and oxygen atoms in total. The average Bonchev–Trinajstić information content (AvgIpc) is 3.14. The molecule has 1 fully saturated rings. The normalized spacial score (nSPS) is 14.5. The molecule has 1 saturated heterocycles. The Labute approximate surface area is 184 Å². The Balaban J connectivity index is 1.30. The van der Waals surface area contributed by atoms with Crippen LogP contribution in [0.2, 0.25) is 5.02 Å². The first-order valence-corrected chi connectivity index (χ1v) is 10.5. The number of carbonyl (C=O) groups excluding carboxylic acids is 3. The number of hydrogen-bond donors (Lipinski definition) is 2. The Morgan fingerprint density at radius 2 is 1.65 bits per heavy atom. The lowest BCUT2D eigenvalue weighted by Gasteiger charge is -2.31. The number of rotatable bonds is 3. The molecular weight excluding hydrogens is 416 g/mol. The molecule has 3 aromatic rings. The third-order valence-electron chi connectivity index (χ3n) is 5.68. The second-order valence-corrected chi connectivity index (χ2v) is 8.12. The first kappa shape index (κ1) is 20.9. The van der Waals surface area contributed by atoms with Gasteiger partial charge in [0.15, 0.2) is 0 Å². The maximum atomic E-state index is 12.6. The van der Waals surface area contributed by atoms with Crippen LogP contribution >= 0.6 is 11.6 Å². The van der Waals surface area contributed by atoms with Crippen molar-refractivity contribution < 1.29 is 14.4 Å². The van der Waals surface area contributed by atoms with E-state index in [4.69, 9.17) is 11.6 Å². The number of nitrogens with zero attached hydrogens (tertiary/aromatic N) is 2. The second kappa shape index (κ2) is 8.81. The van der Waals surface area contributed by atoms with E-state index in [0.29, 0.717) is 42.1 Å². The standard InChI is InChI=1S/C23H23ClN4O3/c1-27-14-19(18-4-2-3-5-20(18)27)22(30)26-25-21(29)15-10-12-28(13-11-15)23(31)16-6-8-17(24)9-7-16/h2-9,14-15H,10-13H2,1H3,(H,25,29)(H,26,30). The molecule has 1 aliphatic rings. The molecule has 0 atom stereocenters. The van der Waals surface area contributed by atoms with Gasteiger partial charge >= 0.3 is 0 Å². The number of piperidine rings is 1. The summed E-state index contributed by atoms with van der Waals surface area (Å²) in [6.07, 6.45) is 2.82. The number of carbonyl (C=O) groups is 3. The molecule has 8 heteroatoms. The first-order chi connectivity index (χ1) is 14.9. The van der Waals surface area contributed by atoms with E-state index in [1.165, 1.54) is 0 Å². The molecule has 2 N–H and O–H groups in total. The van der Waals surface area contributed by atoms with E-state index in [2.05, 4.69) is 10.9 Å². The summed E-state index contributed by atoms with van der Waals surface area (Å²) < 4.78 is 1.87. The monoisotopic (exact) mass is 438 g/mol. The van der Waals surface area contributed by atoms with E-state index in [-0.39, 0.29) is 23.6 Å². The summed E-state index contributed by atoms with van der Waals surface area (Å²) in [5, 5.41) is 1.41. The average molecular weight is 439 g/mol. The summed E-state index contributed by atoms with van der Waals surface area (Å²) in [6.45, 7) is 0.966. The number of halogens is 1. The topological polar surface area (TPSA) is 83.4 Å². The van der Waals surface area contributed by atoms with Gasteiger partial charge in [-0.25, -0.2) is 0 Å². The number of hydrazine groups is 1. The van der Waals surface area contributed by atoms with Gasteiger partial charge in [-0.3, -0.25) is 25.2 Å². The van der Waals surface area contributed by atoms with Crippen LogP contribution in [0, 0.1) is 5.92 Å². The smallest absolute Gasteiger partial charge is 0.271 e. The number of hydrogen-bond acceptors (Lipinski definition) is 3. The number of para-hydroxylation sites is 1. The molecule has 0 unspecified atom stereocenters. The Kier molecular flexibility index (Phi) is 5.95. The Morgan fingerprint density at radius 1 is 0.968 bits per heavy atom. The molecule has 31 heavy (non-hydrogen) atoms. The van der Waals surface area contributed by atoms with Crippen molar-refractivity contribution in [1.29, 1.82) is 0 Å². The van der Waals surface area contributed by atoms with E-state index >= 15 is 0 Å². The predicted molar refractivity (Wildman–Crippen MR) is 119 cm³/mol. The number of aromatic nitrogens is 1. The third kappa shape index (κ3) is 4.41. The van der Waals surface area contributed by atoms with Gasteiger partial charge in [0.05, 0.1) is 5.56 Å². The van der Waals surface area contributed by atoms with Crippen LogP contribution in [0.4, 0.5) is 0 Å². The fourth-order valence-electron chi connectivity index (χ4n) is 3.93. The Hall–Kier alpha value is -3.32. The zero-order valence-electron chi connectivity index (χ0n) is 17.1. The number of aryl methyl sites for hydroxylation is 1. The van der Waals surface area contributed by atoms with Gasteiger partial charge < -0.3 is 9.47 Å². The van der Waals surface area contributed by atoms with Crippen LogP contribution in [0.5, 0.6) is 0 Å². The summed E-state index contributed by atoms with van der Waals surface area (Å²) in [5.41, 5.74) is 7.08. The molecular formula is C23H23ClN4O3. The lowest BCUT2D eigenvalue weighted by molar-refractivity contribution is -0.127. The zero-order valence-corrected chi connectivity index (χ0v) is 17.9. The van der Waals surface area contributed by atoms with Crippen molar-refractivity contribution in [3.63, 3.8) is 0 Å².